The average Bonchev–Trinajstić information content (AvgIpc) is 3.07. The molecule has 0 fully saturated rings. The van der Waals surface area contributed by atoms with Gasteiger partial charge in [-0.05, 0) is 36.8 Å². The Hall–Kier alpha value is -3.27. The Balaban J connectivity index is 1.53. The smallest absolute Gasteiger partial charge is 0.417 e. The number of pyridine rings is 1. The summed E-state index contributed by atoms with van der Waals surface area (Å²) in [5, 5.41) is 7.25. The first-order valence-electron chi connectivity index (χ1n) is 9.19. The van der Waals surface area contributed by atoms with Crippen molar-refractivity contribution in [3.63, 3.8) is 0 Å². The molecule has 0 spiro atoms. The fraction of sp³-hybridized carbons (Fsp3) is 0.250. The Kier molecular flexibility index (Phi) is 5.48. The number of alkyl halides is 3. The maximum absolute atomic E-state index is 12.8. The molecule has 3 aromatic rings. The maximum atomic E-state index is 12.8. The molecule has 7 nitrogen and oxygen atoms in total. The molecule has 0 unspecified atom stereocenters. The lowest BCUT2D eigenvalue weighted by Crippen LogP contribution is -2.19. The van der Waals surface area contributed by atoms with Gasteiger partial charge in [0.2, 0.25) is 5.91 Å². The highest BCUT2D eigenvalue weighted by molar-refractivity contribution is 6.32. The van der Waals surface area contributed by atoms with Gasteiger partial charge < -0.3 is 14.8 Å². The van der Waals surface area contributed by atoms with Gasteiger partial charge in [0.05, 0.1) is 22.7 Å². The quantitative estimate of drug-likeness (QED) is 0.642. The summed E-state index contributed by atoms with van der Waals surface area (Å²) in [5.41, 5.74) is 0.294. The molecule has 31 heavy (non-hydrogen) atoms. The Morgan fingerprint density at radius 2 is 2.00 bits per heavy atom. The van der Waals surface area contributed by atoms with Crippen molar-refractivity contribution >= 4 is 23.3 Å². The summed E-state index contributed by atoms with van der Waals surface area (Å²) in [4.78, 5) is 16.4. The number of amides is 1. The molecule has 162 valence electrons. The first-order chi connectivity index (χ1) is 14.7. The SMILES string of the molecule is Cc1cc(NC(=O)Cc2cc(Cl)c3c(c2)OCCO3)n(-c2ccc(C(F)(F)F)cn2)n1. The van der Waals surface area contributed by atoms with Crippen molar-refractivity contribution in [3.05, 3.63) is 58.4 Å². The highest BCUT2D eigenvalue weighted by Crippen LogP contribution is 2.38. The molecule has 1 amide bonds. The standard InChI is InChI=1S/C20H16ClF3N4O3/c1-11-6-17(28(27-11)16-3-2-13(10-25-16)20(22,23)24)26-18(29)9-12-7-14(21)19-15(8-12)30-4-5-31-19/h2-3,6-8,10H,4-5,9H2,1H3,(H,26,29). The van der Waals surface area contributed by atoms with Crippen LogP contribution in [0, 0.1) is 6.92 Å². The number of nitrogens with zero attached hydrogens (tertiary/aromatic N) is 3. The Bertz CT molecular complexity index is 1130. The predicted molar refractivity (Wildman–Crippen MR) is 106 cm³/mol. The summed E-state index contributed by atoms with van der Waals surface area (Å²) in [6, 6.07) is 6.98. The monoisotopic (exact) mass is 452 g/mol. The molecule has 0 atom stereocenters. The third-order valence-electron chi connectivity index (χ3n) is 4.41. The molecular formula is C20H16ClF3N4O3. The second kappa shape index (κ2) is 8.10. The van der Waals surface area contributed by atoms with Gasteiger partial charge in [0.25, 0.3) is 0 Å². The average molecular weight is 453 g/mol. The second-order valence-corrected chi connectivity index (χ2v) is 7.22. The minimum Gasteiger partial charge on any atom is -0.486 e. The van der Waals surface area contributed by atoms with Gasteiger partial charge in [-0.1, -0.05) is 11.6 Å². The van der Waals surface area contributed by atoms with Crippen molar-refractivity contribution < 1.29 is 27.4 Å². The van der Waals surface area contributed by atoms with E-state index in [0.717, 1.165) is 12.3 Å². The predicted octanol–water partition coefficient (Wildman–Crippen LogP) is 4.20. The van der Waals surface area contributed by atoms with Gasteiger partial charge in [-0.15, -0.1) is 0 Å². The van der Waals surface area contributed by atoms with Crippen LogP contribution in [0.15, 0.2) is 36.5 Å². The molecule has 1 N–H and O–H groups in total. The fourth-order valence-corrected chi connectivity index (χ4v) is 3.37. The van der Waals surface area contributed by atoms with Crippen LogP contribution in [0.25, 0.3) is 5.82 Å². The molecule has 0 radical (unpaired) electrons. The number of carbonyl (C=O) groups excluding carboxylic acids is 1. The lowest BCUT2D eigenvalue weighted by Gasteiger charge is -2.20. The molecule has 0 aliphatic carbocycles. The van der Waals surface area contributed by atoms with E-state index >= 15 is 0 Å². The van der Waals surface area contributed by atoms with E-state index in [1.54, 1.807) is 25.1 Å². The number of fused-ring (bicyclic) bond motifs is 1. The van der Waals surface area contributed by atoms with Crippen LogP contribution in [0.5, 0.6) is 11.5 Å². The summed E-state index contributed by atoms with van der Waals surface area (Å²) < 4.78 is 50.6. The molecular weight excluding hydrogens is 437 g/mol. The van der Waals surface area contributed by atoms with Crippen molar-refractivity contribution in [2.75, 3.05) is 18.5 Å². The van der Waals surface area contributed by atoms with Gasteiger partial charge in [0.15, 0.2) is 17.3 Å². The van der Waals surface area contributed by atoms with Gasteiger partial charge in [0, 0.05) is 12.3 Å². The van der Waals surface area contributed by atoms with Crippen molar-refractivity contribution in [2.45, 2.75) is 19.5 Å². The normalized spacial score (nSPS) is 13.2. The zero-order valence-electron chi connectivity index (χ0n) is 16.2. The molecule has 0 saturated carbocycles. The largest absolute Gasteiger partial charge is 0.486 e. The molecule has 0 saturated heterocycles. The molecule has 2 aromatic heterocycles. The highest BCUT2D eigenvalue weighted by Gasteiger charge is 2.31. The summed E-state index contributed by atoms with van der Waals surface area (Å²) in [5.74, 6) is 0.952. The van der Waals surface area contributed by atoms with Crippen LogP contribution in [0.2, 0.25) is 5.02 Å². The lowest BCUT2D eigenvalue weighted by molar-refractivity contribution is -0.137. The zero-order valence-corrected chi connectivity index (χ0v) is 16.9. The van der Waals surface area contributed by atoms with E-state index in [1.807, 2.05) is 0 Å². The number of hydrogen-bond donors (Lipinski definition) is 1. The van der Waals surface area contributed by atoms with Gasteiger partial charge in [-0.25, -0.2) is 4.98 Å². The van der Waals surface area contributed by atoms with Crippen LogP contribution in [0.4, 0.5) is 19.0 Å². The fourth-order valence-electron chi connectivity index (χ4n) is 3.08. The summed E-state index contributed by atoms with van der Waals surface area (Å²) >= 11 is 6.21. The third kappa shape index (κ3) is 4.58. The Morgan fingerprint density at radius 1 is 1.23 bits per heavy atom. The van der Waals surface area contributed by atoms with Gasteiger partial charge >= 0.3 is 6.18 Å². The van der Waals surface area contributed by atoms with Crippen LogP contribution in [-0.2, 0) is 17.4 Å². The lowest BCUT2D eigenvalue weighted by atomic mass is 10.1. The van der Waals surface area contributed by atoms with E-state index in [1.165, 1.54) is 10.7 Å². The molecule has 3 heterocycles. The van der Waals surface area contributed by atoms with Crippen molar-refractivity contribution in [1.82, 2.24) is 14.8 Å². The first kappa shape index (κ1) is 21.0. The van der Waals surface area contributed by atoms with E-state index in [9.17, 15) is 18.0 Å². The zero-order chi connectivity index (χ0) is 22.2. The molecule has 1 aliphatic rings. The summed E-state index contributed by atoms with van der Waals surface area (Å²) in [7, 11) is 0. The van der Waals surface area contributed by atoms with E-state index in [4.69, 9.17) is 21.1 Å². The number of benzene rings is 1. The van der Waals surface area contributed by atoms with Crippen molar-refractivity contribution in [2.24, 2.45) is 0 Å². The number of halogens is 4. The van der Waals surface area contributed by atoms with Gasteiger partial charge in [0.1, 0.15) is 19.0 Å². The number of aromatic nitrogens is 3. The minimum absolute atomic E-state index is 0.0129. The van der Waals surface area contributed by atoms with Crippen LogP contribution in [-0.4, -0.2) is 33.9 Å². The van der Waals surface area contributed by atoms with Gasteiger partial charge in [-0.3, -0.25) is 4.79 Å². The van der Waals surface area contributed by atoms with Crippen LogP contribution >= 0.6 is 11.6 Å². The number of carbonyl (C=O) groups is 1. The van der Waals surface area contributed by atoms with E-state index in [2.05, 4.69) is 15.4 Å². The van der Waals surface area contributed by atoms with Crippen LogP contribution in [0.1, 0.15) is 16.8 Å². The number of anilines is 1. The molecule has 1 aromatic carbocycles. The number of aryl methyl sites for hydroxylation is 1. The first-order valence-corrected chi connectivity index (χ1v) is 9.56. The maximum Gasteiger partial charge on any atom is 0.417 e. The Morgan fingerprint density at radius 3 is 2.71 bits per heavy atom. The number of rotatable bonds is 4. The van der Waals surface area contributed by atoms with Crippen molar-refractivity contribution in [3.8, 4) is 17.3 Å². The highest BCUT2D eigenvalue weighted by atomic mass is 35.5. The minimum atomic E-state index is -4.49. The summed E-state index contributed by atoms with van der Waals surface area (Å²) in [6.45, 7) is 2.47. The molecule has 4 rings (SSSR count). The number of nitrogens with one attached hydrogen (secondary N) is 1. The van der Waals surface area contributed by atoms with E-state index in [0.29, 0.717) is 41.0 Å². The van der Waals surface area contributed by atoms with Crippen LogP contribution < -0.4 is 14.8 Å². The number of hydrogen-bond acceptors (Lipinski definition) is 5. The van der Waals surface area contributed by atoms with E-state index < -0.39 is 11.7 Å². The topological polar surface area (TPSA) is 78.3 Å². The molecule has 11 heteroatoms. The Labute approximate surface area is 179 Å². The van der Waals surface area contributed by atoms with Gasteiger partial charge in [-0.2, -0.15) is 23.0 Å². The van der Waals surface area contributed by atoms with Crippen molar-refractivity contribution in [1.29, 1.82) is 0 Å². The molecule has 1 aliphatic heterocycles. The van der Waals surface area contributed by atoms with E-state index in [-0.39, 0.29) is 24.0 Å². The van der Waals surface area contributed by atoms with Crippen LogP contribution in [0.3, 0.4) is 0 Å². The third-order valence-corrected chi connectivity index (χ3v) is 4.69. The molecule has 0 bridgehead atoms. The second-order valence-electron chi connectivity index (χ2n) is 6.81. The number of ether oxygens (including phenoxy) is 2. The summed E-state index contributed by atoms with van der Waals surface area (Å²) in [6.07, 6.45) is -3.79.